The molecule has 2 aromatic heterocycles. The van der Waals surface area contributed by atoms with Crippen molar-refractivity contribution in [2.24, 2.45) is 0 Å². The summed E-state index contributed by atoms with van der Waals surface area (Å²) in [6.45, 7) is 0. The Bertz CT molecular complexity index is 771. The molecule has 0 aliphatic carbocycles. The molecule has 3 aromatic rings. The molecule has 5 heteroatoms. The van der Waals surface area contributed by atoms with Crippen LogP contribution in [-0.4, -0.2) is 15.8 Å². The molecule has 2 heterocycles. The van der Waals surface area contributed by atoms with Gasteiger partial charge >= 0.3 is 0 Å². The molecule has 0 amide bonds. The number of hydrogen-bond acceptors (Lipinski definition) is 4. The number of halogens is 1. The van der Waals surface area contributed by atoms with Crippen molar-refractivity contribution in [1.29, 1.82) is 0 Å². The van der Waals surface area contributed by atoms with Crippen molar-refractivity contribution < 1.29 is 4.79 Å². The Morgan fingerprint density at radius 3 is 2.76 bits per heavy atom. The third-order valence-electron chi connectivity index (χ3n) is 2.94. The van der Waals surface area contributed by atoms with Crippen LogP contribution in [0.2, 0.25) is 0 Å². The third-order valence-corrected chi connectivity index (χ3v) is 4.31. The van der Waals surface area contributed by atoms with E-state index in [4.69, 9.17) is 0 Å². The van der Waals surface area contributed by atoms with E-state index in [1.54, 1.807) is 12.4 Å². The molecule has 0 N–H and O–H groups in total. The van der Waals surface area contributed by atoms with Gasteiger partial charge in [0.25, 0.3) is 0 Å². The number of thiazole rings is 1. The third kappa shape index (κ3) is 3.43. The minimum absolute atomic E-state index is 0.0832. The van der Waals surface area contributed by atoms with Crippen molar-refractivity contribution in [3.8, 4) is 10.6 Å². The molecule has 0 saturated heterocycles. The number of carbonyl (C=O) groups excluding carboxylic acids is 1. The molecule has 0 saturated carbocycles. The summed E-state index contributed by atoms with van der Waals surface area (Å²) in [6.07, 6.45) is 3.82. The van der Waals surface area contributed by atoms with Crippen LogP contribution >= 0.6 is 27.3 Å². The number of aromatic nitrogens is 2. The van der Waals surface area contributed by atoms with E-state index in [0.717, 1.165) is 26.3 Å². The van der Waals surface area contributed by atoms with Crippen LogP contribution in [0.1, 0.15) is 16.1 Å². The lowest BCUT2D eigenvalue weighted by atomic mass is 10.1. The van der Waals surface area contributed by atoms with Crippen LogP contribution in [0.4, 0.5) is 0 Å². The van der Waals surface area contributed by atoms with E-state index in [0.29, 0.717) is 6.42 Å². The van der Waals surface area contributed by atoms with E-state index in [9.17, 15) is 4.79 Å². The van der Waals surface area contributed by atoms with E-state index in [1.807, 2.05) is 41.8 Å². The molecule has 104 valence electrons. The molecule has 1 aromatic carbocycles. The summed E-state index contributed by atoms with van der Waals surface area (Å²) in [4.78, 5) is 20.8. The number of pyridine rings is 1. The van der Waals surface area contributed by atoms with Crippen molar-refractivity contribution >= 4 is 33.0 Å². The van der Waals surface area contributed by atoms with E-state index < -0.39 is 0 Å². The maximum absolute atomic E-state index is 12.2. The Balaban J connectivity index is 1.78. The number of nitrogens with zero attached hydrogens (tertiary/aromatic N) is 2. The summed E-state index contributed by atoms with van der Waals surface area (Å²) in [5, 5.41) is 2.80. The maximum Gasteiger partial charge on any atom is 0.168 e. The van der Waals surface area contributed by atoms with Gasteiger partial charge in [0.15, 0.2) is 5.78 Å². The second-order valence-electron chi connectivity index (χ2n) is 4.50. The van der Waals surface area contributed by atoms with Gasteiger partial charge in [0.05, 0.1) is 12.1 Å². The number of carbonyl (C=O) groups is 1. The number of ketones is 1. The Morgan fingerprint density at radius 1 is 1.19 bits per heavy atom. The molecule has 0 radical (unpaired) electrons. The average Bonchev–Trinajstić information content (AvgIpc) is 2.97. The fourth-order valence-corrected chi connectivity index (χ4v) is 3.11. The van der Waals surface area contributed by atoms with Crippen LogP contribution in [0.5, 0.6) is 0 Å². The van der Waals surface area contributed by atoms with Gasteiger partial charge in [-0.05, 0) is 22.0 Å². The van der Waals surface area contributed by atoms with Crippen LogP contribution in [0.3, 0.4) is 0 Å². The molecule has 0 fully saturated rings. The van der Waals surface area contributed by atoms with Crippen LogP contribution < -0.4 is 0 Å². The second kappa shape index (κ2) is 6.28. The first-order chi connectivity index (χ1) is 10.2. The maximum atomic E-state index is 12.2. The standard InChI is InChI=1S/C16H11BrN2OS/c17-13-6-12(8-18-9-13)16-19-14(10-21-16)7-15(20)11-4-2-1-3-5-11/h1-6,8-10H,7H2. The Hall–Kier alpha value is -1.85. The lowest BCUT2D eigenvalue weighted by Crippen LogP contribution is -2.03. The molecule has 0 spiro atoms. The van der Waals surface area contributed by atoms with Gasteiger partial charge in [0, 0.05) is 33.4 Å². The molecular weight excluding hydrogens is 348 g/mol. The number of Topliss-reactive ketones (excluding diaryl/α,β-unsaturated/α-hetero) is 1. The van der Waals surface area contributed by atoms with Gasteiger partial charge in [-0.3, -0.25) is 9.78 Å². The smallest absolute Gasteiger partial charge is 0.168 e. The highest BCUT2D eigenvalue weighted by molar-refractivity contribution is 9.10. The summed E-state index contributed by atoms with van der Waals surface area (Å²) in [7, 11) is 0. The zero-order valence-corrected chi connectivity index (χ0v) is 13.4. The fraction of sp³-hybridized carbons (Fsp3) is 0.0625. The van der Waals surface area contributed by atoms with E-state index >= 15 is 0 Å². The molecule has 0 bridgehead atoms. The van der Waals surface area contributed by atoms with Crippen molar-refractivity contribution in [1.82, 2.24) is 9.97 Å². The summed E-state index contributed by atoms with van der Waals surface area (Å²) in [5.41, 5.74) is 2.47. The summed E-state index contributed by atoms with van der Waals surface area (Å²) in [6, 6.07) is 11.3. The number of rotatable bonds is 4. The Labute approximate surface area is 134 Å². The zero-order chi connectivity index (χ0) is 14.7. The van der Waals surface area contributed by atoms with Gasteiger partial charge < -0.3 is 0 Å². The van der Waals surface area contributed by atoms with Gasteiger partial charge in [-0.25, -0.2) is 4.98 Å². The van der Waals surface area contributed by atoms with Gasteiger partial charge in [0.1, 0.15) is 5.01 Å². The number of benzene rings is 1. The quantitative estimate of drug-likeness (QED) is 0.649. The van der Waals surface area contributed by atoms with Gasteiger partial charge in [-0.2, -0.15) is 0 Å². The first-order valence-corrected chi connectivity index (χ1v) is 8.03. The van der Waals surface area contributed by atoms with Crippen molar-refractivity contribution in [3.05, 3.63) is 69.9 Å². The highest BCUT2D eigenvalue weighted by Gasteiger charge is 2.11. The summed E-state index contributed by atoms with van der Waals surface area (Å²) >= 11 is 4.92. The lowest BCUT2D eigenvalue weighted by Gasteiger charge is -1.98. The van der Waals surface area contributed by atoms with Gasteiger partial charge in [-0.1, -0.05) is 30.3 Å². The molecule has 3 rings (SSSR count). The van der Waals surface area contributed by atoms with Crippen molar-refractivity contribution in [2.75, 3.05) is 0 Å². The van der Waals surface area contributed by atoms with Crippen LogP contribution in [0.15, 0.2) is 58.6 Å². The van der Waals surface area contributed by atoms with Crippen molar-refractivity contribution in [2.45, 2.75) is 6.42 Å². The van der Waals surface area contributed by atoms with Crippen LogP contribution in [-0.2, 0) is 6.42 Å². The molecule has 3 nitrogen and oxygen atoms in total. The average molecular weight is 359 g/mol. The predicted molar refractivity (Wildman–Crippen MR) is 87.5 cm³/mol. The van der Waals surface area contributed by atoms with Gasteiger partial charge in [-0.15, -0.1) is 11.3 Å². The molecule has 0 aliphatic heterocycles. The topological polar surface area (TPSA) is 42.9 Å². The Kier molecular flexibility index (Phi) is 4.22. The van der Waals surface area contributed by atoms with Crippen LogP contribution in [0.25, 0.3) is 10.6 Å². The zero-order valence-electron chi connectivity index (χ0n) is 11.0. The molecule has 0 unspecified atom stereocenters. The lowest BCUT2D eigenvalue weighted by molar-refractivity contribution is 0.0992. The van der Waals surface area contributed by atoms with Gasteiger partial charge in [0.2, 0.25) is 0 Å². The summed E-state index contributed by atoms with van der Waals surface area (Å²) < 4.78 is 0.914. The van der Waals surface area contributed by atoms with E-state index in [2.05, 4.69) is 25.9 Å². The Morgan fingerprint density at radius 2 is 2.00 bits per heavy atom. The molecular formula is C16H11BrN2OS. The van der Waals surface area contributed by atoms with Crippen molar-refractivity contribution in [3.63, 3.8) is 0 Å². The molecule has 0 aliphatic rings. The minimum Gasteiger partial charge on any atom is -0.294 e. The first kappa shape index (κ1) is 14.1. The summed E-state index contributed by atoms with van der Waals surface area (Å²) in [5.74, 6) is 0.0832. The fourth-order valence-electron chi connectivity index (χ4n) is 1.94. The SMILES string of the molecule is O=C(Cc1csc(-c2cncc(Br)c2)n1)c1ccccc1. The minimum atomic E-state index is 0.0832. The molecule has 0 atom stereocenters. The number of hydrogen-bond donors (Lipinski definition) is 0. The van der Waals surface area contributed by atoms with E-state index in [1.165, 1.54) is 11.3 Å². The van der Waals surface area contributed by atoms with E-state index in [-0.39, 0.29) is 5.78 Å². The van der Waals surface area contributed by atoms with Crippen LogP contribution in [0, 0.1) is 0 Å². The monoisotopic (exact) mass is 358 g/mol. The highest BCUT2D eigenvalue weighted by Crippen LogP contribution is 2.25. The largest absolute Gasteiger partial charge is 0.294 e. The highest BCUT2D eigenvalue weighted by atomic mass is 79.9. The second-order valence-corrected chi connectivity index (χ2v) is 6.28. The normalized spacial score (nSPS) is 10.5. The first-order valence-electron chi connectivity index (χ1n) is 6.36. The predicted octanol–water partition coefficient (Wildman–Crippen LogP) is 4.39. The molecule has 21 heavy (non-hydrogen) atoms.